The molecule has 4 aromatic rings. The van der Waals surface area contributed by atoms with Gasteiger partial charge in [-0.2, -0.15) is 5.10 Å². The summed E-state index contributed by atoms with van der Waals surface area (Å²) < 4.78 is 2.10. The number of likely N-dealkylation sites (N-methyl/N-ethyl adjacent to an activating group) is 1. The summed E-state index contributed by atoms with van der Waals surface area (Å²) in [6, 6.07) is 18.9. The van der Waals surface area contributed by atoms with E-state index in [2.05, 4.69) is 61.1 Å². The molecule has 1 saturated heterocycles. The van der Waals surface area contributed by atoms with Gasteiger partial charge in [-0.1, -0.05) is 54.6 Å². The van der Waals surface area contributed by atoms with Crippen molar-refractivity contribution in [2.75, 3.05) is 39.0 Å². The zero-order valence-corrected chi connectivity index (χ0v) is 23.3. The second kappa shape index (κ2) is 11.3. The number of nitrogen functional groups attached to an aromatic ring is 1. The molecule has 1 atom stereocenters. The Hall–Kier alpha value is -3.82. The Morgan fingerprint density at radius 2 is 1.55 bits per heavy atom. The summed E-state index contributed by atoms with van der Waals surface area (Å²) in [4.78, 5) is 26.0. The number of anilines is 1. The smallest absolute Gasteiger partial charge is 0.217 e. The van der Waals surface area contributed by atoms with Gasteiger partial charge in [0.25, 0.3) is 0 Å². The molecule has 2 aliphatic rings. The maximum Gasteiger partial charge on any atom is 0.217 e. The van der Waals surface area contributed by atoms with Crippen LogP contribution in [0.3, 0.4) is 0 Å². The van der Waals surface area contributed by atoms with E-state index < -0.39 is 0 Å². The summed E-state index contributed by atoms with van der Waals surface area (Å²) in [5.41, 5.74) is 11.0. The number of hydrogen-bond acceptors (Lipinski definition) is 7. The number of benzene rings is 2. The van der Waals surface area contributed by atoms with Gasteiger partial charge in [0, 0.05) is 44.7 Å². The van der Waals surface area contributed by atoms with Crippen LogP contribution in [0.25, 0.3) is 22.3 Å². The van der Waals surface area contributed by atoms with Gasteiger partial charge in [-0.05, 0) is 43.9 Å². The Balaban J connectivity index is 1.27. The summed E-state index contributed by atoms with van der Waals surface area (Å²) in [5.74, 6) is 0.372. The molecule has 3 N–H and O–H groups in total. The number of carbonyl (C=O) groups is 1. The van der Waals surface area contributed by atoms with Gasteiger partial charge in [0.1, 0.15) is 17.8 Å². The molecule has 1 aliphatic heterocycles. The molecule has 3 heterocycles. The summed E-state index contributed by atoms with van der Waals surface area (Å²) in [7, 11) is 2.21. The number of fused-ring (bicyclic) bond motifs is 1. The highest BCUT2D eigenvalue weighted by Crippen LogP contribution is 2.37. The summed E-state index contributed by atoms with van der Waals surface area (Å²) in [6.45, 7) is 6.17. The highest BCUT2D eigenvalue weighted by molar-refractivity contribution is 5.98. The largest absolute Gasteiger partial charge is 0.383 e. The van der Waals surface area contributed by atoms with Gasteiger partial charge in [0.15, 0.2) is 5.65 Å². The molecule has 40 heavy (non-hydrogen) atoms. The molecule has 1 aliphatic carbocycles. The van der Waals surface area contributed by atoms with Crippen molar-refractivity contribution < 1.29 is 4.79 Å². The average Bonchev–Trinajstić information content (AvgIpc) is 3.38. The minimum Gasteiger partial charge on any atom is -0.383 e. The molecule has 2 aromatic heterocycles. The molecule has 0 spiro atoms. The first kappa shape index (κ1) is 26.4. The van der Waals surface area contributed by atoms with Crippen molar-refractivity contribution in [2.45, 2.75) is 50.7 Å². The number of aromatic nitrogens is 4. The quantitative estimate of drug-likeness (QED) is 0.382. The lowest BCUT2D eigenvalue weighted by Gasteiger charge is -2.41. The van der Waals surface area contributed by atoms with E-state index in [-0.39, 0.29) is 18.0 Å². The number of nitrogens with two attached hydrogens (primary N) is 1. The van der Waals surface area contributed by atoms with Crippen molar-refractivity contribution >= 4 is 22.8 Å². The van der Waals surface area contributed by atoms with Crippen molar-refractivity contribution in [3.63, 3.8) is 0 Å². The maximum atomic E-state index is 12.0. The van der Waals surface area contributed by atoms with Crippen LogP contribution >= 0.6 is 0 Å². The fourth-order valence-electron chi connectivity index (χ4n) is 6.35. The monoisotopic (exact) mass is 538 g/mol. The molecular formula is C31H38N8O. The predicted octanol–water partition coefficient (Wildman–Crippen LogP) is 4.03. The number of nitrogens with zero attached hydrogens (tertiary/aromatic N) is 6. The molecule has 9 nitrogen and oxygen atoms in total. The lowest BCUT2D eigenvalue weighted by atomic mass is 9.90. The Kier molecular flexibility index (Phi) is 7.49. The van der Waals surface area contributed by atoms with E-state index in [0.29, 0.717) is 11.9 Å². The van der Waals surface area contributed by atoms with Crippen LogP contribution in [0.4, 0.5) is 5.82 Å². The fourth-order valence-corrected chi connectivity index (χ4v) is 6.35. The van der Waals surface area contributed by atoms with Gasteiger partial charge in [-0.15, -0.1) is 0 Å². The number of amides is 1. The third kappa shape index (κ3) is 5.31. The first-order valence-electron chi connectivity index (χ1n) is 14.3. The van der Waals surface area contributed by atoms with Gasteiger partial charge in [0.2, 0.25) is 5.91 Å². The molecule has 0 radical (unpaired) electrons. The van der Waals surface area contributed by atoms with E-state index in [1.165, 1.54) is 19.2 Å². The second-order valence-corrected chi connectivity index (χ2v) is 11.2. The Morgan fingerprint density at radius 1 is 0.900 bits per heavy atom. The Labute approximate surface area is 235 Å². The molecule has 6 rings (SSSR count). The van der Waals surface area contributed by atoms with E-state index in [4.69, 9.17) is 10.8 Å². The van der Waals surface area contributed by atoms with Gasteiger partial charge in [-0.25, -0.2) is 14.6 Å². The van der Waals surface area contributed by atoms with Crippen LogP contribution < -0.4 is 11.1 Å². The van der Waals surface area contributed by atoms with Crippen LogP contribution in [0.15, 0.2) is 60.9 Å². The first-order chi connectivity index (χ1) is 19.5. The van der Waals surface area contributed by atoms with Gasteiger partial charge in [-0.3, -0.25) is 9.69 Å². The summed E-state index contributed by atoms with van der Waals surface area (Å²) >= 11 is 0. The van der Waals surface area contributed by atoms with Gasteiger partial charge < -0.3 is 16.0 Å². The fraction of sp³-hybridized carbons (Fsp3) is 0.419. The molecule has 208 valence electrons. The SMILES string of the molecule is CC(=O)NC(c1ccccc1)c1ccc(-c2nn([C@H]3CC[C@@H](N4CCN(C)CC4)CC3)c3ncnc(N)c23)cc1. The van der Waals surface area contributed by atoms with E-state index in [0.717, 1.165) is 72.4 Å². The zero-order chi connectivity index (χ0) is 27.6. The molecule has 2 aromatic carbocycles. The van der Waals surface area contributed by atoms with Gasteiger partial charge >= 0.3 is 0 Å². The van der Waals surface area contributed by atoms with Crippen LogP contribution in [0.5, 0.6) is 0 Å². The predicted molar refractivity (Wildman–Crippen MR) is 158 cm³/mol. The highest BCUT2D eigenvalue weighted by atomic mass is 16.1. The van der Waals surface area contributed by atoms with Crippen molar-refractivity contribution in [2.24, 2.45) is 0 Å². The number of carbonyl (C=O) groups excluding carboxylic acids is 1. The number of hydrogen-bond donors (Lipinski definition) is 2. The molecule has 9 heteroatoms. The summed E-state index contributed by atoms with van der Waals surface area (Å²) in [6.07, 6.45) is 6.03. The zero-order valence-electron chi connectivity index (χ0n) is 23.3. The lowest BCUT2D eigenvalue weighted by molar-refractivity contribution is -0.119. The molecule has 0 bridgehead atoms. The van der Waals surface area contributed by atoms with E-state index in [1.54, 1.807) is 6.92 Å². The van der Waals surface area contributed by atoms with Crippen molar-refractivity contribution in [3.8, 4) is 11.3 Å². The standard InChI is InChI=1S/C31H38N8O/c1-21(40)35-28(22-6-4-3-5-7-22)23-8-10-24(11-9-23)29-27-30(32)33-20-34-31(27)39(36-29)26-14-12-25(13-15-26)38-18-16-37(2)17-19-38/h3-11,20,25-26,28H,12-19H2,1-2H3,(H,35,40)(H2,32,33,34)/t25-,26+,28?. The Morgan fingerprint density at radius 3 is 2.23 bits per heavy atom. The molecule has 1 unspecified atom stereocenters. The average molecular weight is 539 g/mol. The highest BCUT2D eigenvalue weighted by Gasteiger charge is 2.30. The maximum absolute atomic E-state index is 12.0. The van der Waals surface area contributed by atoms with Crippen molar-refractivity contribution in [3.05, 3.63) is 72.1 Å². The van der Waals surface area contributed by atoms with E-state index >= 15 is 0 Å². The van der Waals surface area contributed by atoms with Crippen LogP contribution in [0, 0.1) is 0 Å². The molecule has 1 amide bonds. The minimum atomic E-state index is -0.231. The minimum absolute atomic E-state index is 0.0741. The number of nitrogens with one attached hydrogen (secondary N) is 1. The topological polar surface area (TPSA) is 105 Å². The second-order valence-electron chi connectivity index (χ2n) is 11.2. The molecule has 1 saturated carbocycles. The molecule has 2 fully saturated rings. The lowest BCUT2D eigenvalue weighted by Crippen LogP contribution is -2.49. The van der Waals surface area contributed by atoms with Crippen LogP contribution in [0.1, 0.15) is 55.8 Å². The van der Waals surface area contributed by atoms with Crippen LogP contribution in [-0.2, 0) is 4.79 Å². The number of rotatable bonds is 6. The van der Waals surface area contributed by atoms with Crippen molar-refractivity contribution in [1.82, 2.24) is 34.9 Å². The van der Waals surface area contributed by atoms with E-state index in [1.807, 2.05) is 30.3 Å². The van der Waals surface area contributed by atoms with Gasteiger partial charge in [0.05, 0.1) is 17.5 Å². The van der Waals surface area contributed by atoms with Crippen molar-refractivity contribution in [1.29, 1.82) is 0 Å². The summed E-state index contributed by atoms with van der Waals surface area (Å²) in [5, 5.41) is 9.00. The first-order valence-corrected chi connectivity index (χ1v) is 14.3. The Bertz CT molecular complexity index is 1450. The van der Waals surface area contributed by atoms with Crippen LogP contribution in [0.2, 0.25) is 0 Å². The third-order valence-corrected chi connectivity index (χ3v) is 8.58. The van der Waals surface area contributed by atoms with Crippen LogP contribution in [-0.4, -0.2) is 74.7 Å². The third-order valence-electron chi connectivity index (χ3n) is 8.58. The van der Waals surface area contributed by atoms with E-state index in [9.17, 15) is 4.79 Å². The normalized spacial score (nSPS) is 21.4. The number of piperazine rings is 1. The molecular weight excluding hydrogens is 500 g/mol.